The number of carbonyl (C=O) groups is 2. The molecule has 3 aromatic rings. The van der Waals surface area contributed by atoms with E-state index in [0.717, 1.165) is 33.7 Å². The average molecular weight is 529 g/mol. The fourth-order valence-corrected chi connectivity index (χ4v) is 5.70. The van der Waals surface area contributed by atoms with Gasteiger partial charge in [0.25, 0.3) is 0 Å². The lowest BCUT2D eigenvalue weighted by molar-refractivity contribution is 0.0506. The molecule has 37 heavy (non-hydrogen) atoms. The first kappa shape index (κ1) is 27.4. The van der Waals surface area contributed by atoms with Crippen molar-refractivity contribution < 1.29 is 19.4 Å². The van der Waals surface area contributed by atoms with Crippen LogP contribution >= 0.6 is 11.3 Å². The molecule has 8 nitrogen and oxygen atoms in total. The summed E-state index contributed by atoms with van der Waals surface area (Å²) in [4.78, 5) is 26.7. The van der Waals surface area contributed by atoms with Crippen LogP contribution < -0.4 is 5.32 Å². The number of rotatable bonds is 4. The predicted octanol–water partition coefficient (Wildman–Crippen LogP) is 6.91. The van der Waals surface area contributed by atoms with E-state index in [0.29, 0.717) is 35.9 Å². The zero-order valence-electron chi connectivity index (χ0n) is 23.5. The van der Waals surface area contributed by atoms with Crippen molar-refractivity contribution in [2.45, 2.75) is 99.8 Å². The normalized spacial score (nSPS) is 16.6. The Morgan fingerprint density at radius 3 is 2.49 bits per heavy atom. The minimum absolute atomic E-state index is 0.00526. The Labute approximate surface area is 223 Å². The molecule has 2 N–H and O–H groups in total. The molecule has 1 aliphatic rings. The molecule has 0 radical (unpaired) electrons. The molecule has 3 heterocycles. The Morgan fingerprint density at radius 1 is 1.22 bits per heavy atom. The highest BCUT2D eigenvalue weighted by atomic mass is 32.1. The first-order valence-electron chi connectivity index (χ1n) is 12.9. The van der Waals surface area contributed by atoms with Crippen LogP contribution in [0.15, 0.2) is 12.1 Å². The summed E-state index contributed by atoms with van der Waals surface area (Å²) in [5.74, 6) is 0. The number of nitrogens with one attached hydrogen (secondary N) is 1. The molecule has 4 rings (SSSR count). The van der Waals surface area contributed by atoms with Crippen molar-refractivity contribution in [2.75, 3.05) is 0 Å². The molecule has 1 aliphatic carbocycles. The van der Waals surface area contributed by atoms with Crippen molar-refractivity contribution in [2.24, 2.45) is 10.8 Å². The zero-order valence-corrected chi connectivity index (χ0v) is 24.3. The van der Waals surface area contributed by atoms with E-state index in [4.69, 9.17) is 4.74 Å². The van der Waals surface area contributed by atoms with Crippen LogP contribution in [0.3, 0.4) is 0 Å². The van der Waals surface area contributed by atoms with E-state index < -0.39 is 17.8 Å². The largest absolute Gasteiger partial charge is 0.464 e. The minimum Gasteiger partial charge on any atom is -0.464 e. The third kappa shape index (κ3) is 5.62. The lowest BCUT2D eigenvalue weighted by Gasteiger charge is -2.30. The van der Waals surface area contributed by atoms with Crippen LogP contribution in [0, 0.1) is 10.8 Å². The number of hydrogen-bond acceptors (Lipinski definition) is 6. The molecular formula is C28H40N4O4S. The van der Waals surface area contributed by atoms with Gasteiger partial charge >= 0.3 is 12.2 Å². The van der Waals surface area contributed by atoms with Crippen LogP contribution in [-0.4, -0.2) is 43.3 Å². The van der Waals surface area contributed by atoms with E-state index in [9.17, 15) is 14.7 Å². The smallest absolute Gasteiger partial charge is 0.435 e. The number of fused-ring (bicyclic) bond motifs is 2. The van der Waals surface area contributed by atoms with Gasteiger partial charge in [0.15, 0.2) is 0 Å². The summed E-state index contributed by atoms with van der Waals surface area (Å²) in [6, 6.07) is 4.14. The van der Waals surface area contributed by atoms with Crippen molar-refractivity contribution in [1.82, 2.24) is 19.7 Å². The third-order valence-corrected chi connectivity index (χ3v) is 8.28. The maximum Gasteiger partial charge on any atom is 0.435 e. The minimum atomic E-state index is -1.07. The number of thiophene rings is 1. The second-order valence-electron chi connectivity index (χ2n) is 13.1. The molecule has 3 aromatic heterocycles. The number of aromatic nitrogens is 3. The monoisotopic (exact) mass is 528 g/mol. The average Bonchev–Trinajstić information content (AvgIpc) is 3.38. The number of nitrogens with zero attached hydrogens (tertiary/aromatic N) is 3. The zero-order chi connectivity index (χ0) is 27.5. The van der Waals surface area contributed by atoms with Gasteiger partial charge in [0, 0.05) is 23.0 Å². The fourth-order valence-electron chi connectivity index (χ4n) is 4.67. The molecule has 0 aliphatic heterocycles. The standard InChI is InChI=1S/C28H40N4O4S/c1-16(26(2,3)4)29-15-17-12-19-22(37-17)13-20(31(19)24(33)34)23-18-10-11-28(8,9)14-21(18)32(30-23)25(35)36-27(5,6)7/h12-13,16,29H,10-11,14-15H2,1-9H3,(H,33,34). The SMILES string of the molecule is CC(NCc1cc2c(cc(-c3nn(C(=O)OC(C)(C)C)c4c3CCC(C)(C)C4)n2C(=O)O)s1)C(C)(C)C. The summed E-state index contributed by atoms with van der Waals surface area (Å²) >= 11 is 1.58. The van der Waals surface area contributed by atoms with Gasteiger partial charge < -0.3 is 15.2 Å². The van der Waals surface area contributed by atoms with Gasteiger partial charge in [-0.1, -0.05) is 34.6 Å². The number of hydrogen-bond donors (Lipinski definition) is 2. The molecule has 0 aromatic carbocycles. The van der Waals surface area contributed by atoms with Crippen LogP contribution in [0.4, 0.5) is 9.59 Å². The molecule has 0 fully saturated rings. The lowest BCUT2D eigenvalue weighted by Crippen LogP contribution is -2.36. The topological polar surface area (TPSA) is 98.4 Å². The second-order valence-corrected chi connectivity index (χ2v) is 14.3. The number of carboxylic acid groups (broad SMARTS) is 1. The maximum atomic E-state index is 13.1. The molecule has 0 saturated heterocycles. The van der Waals surface area contributed by atoms with Gasteiger partial charge in [0.1, 0.15) is 11.3 Å². The van der Waals surface area contributed by atoms with Crippen LogP contribution in [0.25, 0.3) is 21.6 Å². The van der Waals surface area contributed by atoms with Crippen molar-refractivity contribution in [3.05, 3.63) is 28.3 Å². The molecule has 202 valence electrons. The van der Waals surface area contributed by atoms with Gasteiger partial charge in [-0.05, 0) is 69.9 Å². The molecule has 9 heteroatoms. The van der Waals surface area contributed by atoms with E-state index in [-0.39, 0.29) is 10.8 Å². The highest BCUT2D eigenvalue weighted by Gasteiger charge is 2.35. The third-order valence-electron chi connectivity index (χ3n) is 7.21. The van der Waals surface area contributed by atoms with Gasteiger partial charge in [0.2, 0.25) is 0 Å². The van der Waals surface area contributed by atoms with Gasteiger partial charge in [-0.2, -0.15) is 9.78 Å². The Morgan fingerprint density at radius 2 is 1.89 bits per heavy atom. The first-order chi connectivity index (χ1) is 17.0. The molecule has 0 bridgehead atoms. The lowest BCUT2D eigenvalue weighted by atomic mass is 9.76. The molecular weight excluding hydrogens is 488 g/mol. The van der Waals surface area contributed by atoms with Crippen molar-refractivity contribution >= 4 is 33.7 Å². The molecule has 0 spiro atoms. The molecule has 1 unspecified atom stereocenters. The fraction of sp³-hybridized carbons (Fsp3) is 0.607. The van der Waals surface area contributed by atoms with Gasteiger partial charge in [0.05, 0.1) is 21.6 Å². The van der Waals surface area contributed by atoms with Crippen molar-refractivity contribution in [1.29, 1.82) is 0 Å². The molecule has 0 amide bonds. The summed E-state index contributed by atoms with van der Waals surface area (Å²) < 4.78 is 9.20. The van der Waals surface area contributed by atoms with E-state index >= 15 is 0 Å². The van der Waals surface area contributed by atoms with Gasteiger partial charge in [-0.15, -0.1) is 11.3 Å². The van der Waals surface area contributed by atoms with Gasteiger partial charge in [-0.25, -0.2) is 14.2 Å². The van der Waals surface area contributed by atoms with E-state index in [1.807, 2.05) is 32.9 Å². The van der Waals surface area contributed by atoms with Crippen LogP contribution in [0.2, 0.25) is 0 Å². The van der Waals surface area contributed by atoms with Crippen molar-refractivity contribution in [3.63, 3.8) is 0 Å². The Bertz CT molecular complexity index is 1350. The second kappa shape index (κ2) is 9.27. The highest BCUT2D eigenvalue weighted by Crippen LogP contribution is 2.41. The highest BCUT2D eigenvalue weighted by molar-refractivity contribution is 7.19. The summed E-state index contributed by atoms with van der Waals surface area (Å²) in [5.41, 5.74) is 2.88. The molecule has 0 saturated carbocycles. The molecule has 1 atom stereocenters. The Hall–Kier alpha value is -2.65. The summed E-state index contributed by atoms with van der Waals surface area (Å²) in [5, 5.41) is 18.5. The van der Waals surface area contributed by atoms with Crippen LogP contribution in [-0.2, 0) is 24.1 Å². The summed E-state index contributed by atoms with van der Waals surface area (Å²) in [6.45, 7) is 19.2. The van der Waals surface area contributed by atoms with E-state index in [1.54, 1.807) is 11.3 Å². The Kier molecular flexibility index (Phi) is 6.86. The predicted molar refractivity (Wildman–Crippen MR) is 148 cm³/mol. The van der Waals surface area contributed by atoms with Crippen LogP contribution in [0.1, 0.15) is 84.9 Å². The maximum absolute atomic E-state index is 13.1. The van der Waals surface area contributed by atoms with Gasteiger partial charge in [-0.3, -0.25) is 0 Å². The summed E-state index contributed by atoms with van der Waals surface area (Å²) in [6.07, 6.45) is 0.708. The Balaban J connectivity index is 1.78. The van der Waals surface area contributed by atoms with E-state index in [1.165, 1.54) is 9.25 Å². The van der Waals surface area contributed by atoms with E-state index in [2.05, 4.69) is 52.0 Å². The number of ether oxygens (including phenoxy) is 1. The van der Waals surface area contributed by atoms with Crippen LogP contribution in [0.5, 0.6) is 0 Å². The quantitative estimate of drug-likeness (QED) is 0.382. The first-order valence-corrected chi connectivity index (χ1v) is 13.7. The summed E-state index contributed by atoms with van der Waals surface area (Å²) in [7, 11) is 0. The van der Waals surface area contributed by atoms with Crippen molar-refractivity contribution in [3.8, 4) is 11.4 Å². The number of carbonyl (C=O) groups excluding carboxylic acids is 1.